The lowest BCUT2D eigenvalue weighted by Crippen LogP contribution is -2.39. The van der Waals surface area contributed by atoms with Crippen molar-refractivity contribution in [3.05, 3.63) is 38.4 Å². The number of nitrogens with zero attached hydrogens (tertiary/aromatic N) is 3. The highest BCUT2D eigenvalue weighted by molar-refractivity contribution is 7.09. The van der Waals surface area contributed by atoms with Crippen molar-refractivity contribution < 1.29 is 4.79 Å². The van der Waals surface area contributed by atoms with Crippen molar-refractivity contribution in [3.8, 4) is 0 Å². The van der Waals surface area contributed by atoms with E-state index < -0.39 is 0 Å². The molecule has 0 unspecified atom stereocenters. The van der Waals surface area contributed by atoms with Crippen molar-refractivity contribution in [2.24, 2.45) is 0 Å². The highest BCUT2D eigenvalue weighted by Gasteiger charge is 2.10. The van der Waals surface area contributed by atoms with E-state index in [-0.39, 0.29) is 6.03 Å². The van der Waals surface area contributed by atoms with Crippen LogP contribution in [0.15, 0.2) is 17.6 Å². The Hall–Kier alpha value is -1.57. The Kier molecular flexibility index (Phi) is 6.44. The second-order valence-corrected chi connectivity index (χ2v) is 6.76. The number of carbonyl (C=O) groups excluding carboxylic acids is 1. The van der Waals surface area contributed by atoms with E-state index in [1.807, 2.05) is 12.3 Å². The standard InChI is InChI=1S/C14H17Cl2N5OS/c1-9-20-11(8-23-9)7-21(2)14(22)18-4-3-17-13-12(16)5-10(15)6-19-13/h5-6,8H,3-4,7H2,1-2H3,(H,17,19)(H,18,22). The number of aromatic nitrogens is 2. The fourth-order valence-electron chi connectivity index (χ4n) is 1.83. The molecule has 0 fully saturated rings. The molecule has 23 heavy (non-hydrogen) atoms. The molecule has 0 aromatic carbocycles. The van der Waals surface area contributed by atoms with Gasteiger partial charge < -0.3 is 15.5 Å². The average molecular weight is 374 g/mol. The third kappa shape index (κ3) is 5.53. The molecule has 9 heteroatoms. The van der Waals surface area contributed by atoms with Gasteiger partial charge in [-0.2, -0.15) is 0 Å². The summed E-state index contributed by atoms with van der Waals surface area (Å²) < 4.78 is 0. The third-order valence-electron chi connectivity index (χ3n) is 2.91. The summed E-state index contributed by atoms with van der Waals surface area (Å²) in [6.45, 7) is 3.37. The van der Waals surface area contributed by atoms with Gasteiger partial charge in [0.05, 0.1) is 27.3 Å². The topological polar surface area (TPSA) is 70.2 Å². The number of hydrogen-bond acceptors (Lipinski definition) is 5. The van der Waals surface area contributed by atoms with E-state index in [9.17, 15) is 4.79 Å². The Morgan fingerprint density at radius 1 is 1.39 bits per heavy atom. The molecular formula is C14H17Cl2N5OS. The van der Waals surface area contributed by atoms with Gasteiger partial charge in [-0.05, 0) is 13.0 Å². The van der Waals surface area contributed by atoms with Crippen molar-refractivity contribution in [3.63, 3.8) is 0 Å². The lowest BCUT2D eigenvalue weighted by Gasteiger charge is -2.17. The molecule has 0 radical (unpaired) electrons. The summed E-state index contributed by atoms with van der Waals surface area (Å²) in [5.41, 5.74) is 0.889. The first kappa shape index (κ1) is 17.8. The summed E-state index contributed by atoms with van der Waals surface area (Å²) in [6, 6.07) is 1.45. The summed E-state index contributed by atoms with van der Waals surface area (Å²) in [4.78, 5) is 22.0. The predicted molar refractivity (Wildman–Crippen MR) is 94.5 cm³/mol. The Morgan fingerprint density at radius 3 is 2.83 bits per heavy atom. The van der Waals surface area contributed by atoms with Gasteiger partial charge in [-0.25, -0.2) is 14.8 Å². The van der Waals surface area contributed by atoms with E-state index in [0.717, 1.165) is 10.7 Å². The first-order valence-corrected chi connectivity index (χ1v) is 8.54. The summed E-state index contributed by atoms with van der Waals surface area (Å²) in [5, 5.41) is 9.72. The first-order valence-electron chi connectivity index (χ1n) is 6.90. The molecule has 2 aromatic rings. The zero-order valence-electron chi connectivity index (χ0n) is 12.8. The minimum atomic E-state index is -0.160. The quantitative estimate of drug-likeness (QED) is 0.761. The van der Waals surface area contributed by atoms with Gasteiger partial charge in [0.1, 0.15) is 5.82 Å². The molecule has 124 valence electrons. The Labute approximate surface area is 148 Å². The fourth-order valence-corrected chi connectivity index (χ4v) is 2.88. The van der Waals surface area contributed by atoms with E-state index >= 15 is 0 Å². The number of nitrogens with one attached hydrogen (secondary N) is 2. The molecule has 2 aromatic heterocycles. The normalized spacial score (nSPS) is 10.4. The van der Waals surface area contributed by atoms with E-state index in [0.29, 0.717) is 35.5 Å². The molecule has 0 aliphatic carbocycles. The molecule has 0 aliphatic heterocycles. The maximum Gasteiger partial charge on any atom is 0.317 e. The van der Waals surface area contributed by atoms with Gasteiger partial charge in [0.2, 0.25) is 0 Å². The van der Waals surface area contributed by atoms with Crippen LogP contribution in [0.2, 0.25) is 10.0 Å². The molecule has 0 spiro atoms. The second-order valence-electron chi connectivity index (χ2n) is 4.86. The molecule has 2 N–H and O–H groups in total. The van der Waals surface area contributed by atoms with Crippen molar-refractivity contribution in [2.75, 3.05) is 25.5 Å². The summed E-state index contributed by atoms with van der Waals surface area (Å²) in [6.07, 6.45) is 1.51. The number of urea groups is 1. The molecule has 2 rings (SSSR count). The van der Waals surface area contributed by atoms with Crippen molar-refractivity contribution in [1.82, 2.24) is 20.2 Å². The number of pyridine rings is 1. The van der Waals surface area contributed by atoms with Gasteiger partial charge in [0.25, 0.3) is 0 Å². The molecule has 0 saturated heterocycles. The maximum absolute atomic E-state index is 12.0. The van der Waals surface area contributed by atoms with Gasteiger partial charge in [-0.15, -0.1) is 11.3 Å². The van der Waals surface area contributed by atoms with Crippen molar-refractivity contribution >= 4 is 46.4 Å². The molecule has 2 amide bonds. The van der Waals surface area contributed by atoms with E-state index in [1.54, 1.807) is 29.4 Å². The van der Waals surface area contributed by atoms with Crippen LogP contribution in [0.4, 0.5) is 10.6 Å². The molecular weight excluding hydrogens is 357 g/mol. The SMILES string of the molecule is Cc1nc(CN(C)C(=O)NCCNc2ncc(Cl)cc2Cl)cs1. The Morgan fingerprint density at radius 2 is 2.17 bits per heavy atom. The van der Waals surface area contributed by atoms with Gasteiger partial charge in [-0.1, -0.05) is 23.2 Å². The number of aryl methyl sites for hydroxylation is 1. The summed E-state index contributed by atoms with van der Waals surface area (Å²) in [5.74, 6) is 0.539. The minimum Gasteiger partial charge on any atom is -0.367 e. The summed E-state index contributed by atoms with van der Waals surface area (Å²) >= 11 is 13.4. The van der Waals surface area contributed by atoms with Crippen LogP contribution in [0.3, 0.4) is 0 Å². The lowest BCUT2D eigenvalue weighted by molar-refractivity contribution is 0.207. The van der Waals surface area contributed by atoms with E-state index in [2.05, 4.69) is 20.6 Å². The molecule has 6 nitrogen and oxygen atoms in total. The lowest BCUT2D eigenvalue weighted by atomic mass is 10.4. The van der Waals surface area contributed by atoms with Crippen LogP contribution in [0.5, 0.6) is 0 Å². The smallest absolute Gasteiger partial charge is 0.317 e. The average Bonchev–Trinajstić information content (AvgIpc) is 2.90. The van der Waals surface area contributed by atoms with Crippen LogP contribution in [0.25, 0.3) is 0 Å². The molecule has 0 saturated carbocycles. The van der Waals surface area contributed by atoms with Crippen LogP contribution in [0, 0.1) is 6.92 Å². The zero-order valence-corrected chi connectivity index (χ0v) is 15.1. The number of hydrogen-bond donors (Lipinski definition) is 2. The van der Waals surface area contributed by atoms with Gasteiger partial charge in [-0.3, -0.25) is 0 Å². The van der Waals surface area contributed by atoms with Crippen LogP contribution >= 0.6 is 34.5 Å². The Balaban J connectivity index is 1.71. The largest absolute Gasteiger partial charge is 0.367 e. The number of thiazole rings is 1. The number of amides is 2. The highest BCUT2D eigenvalue weighted by atomic mass is 35.5. The van der Waals surface area contributed by atoms with Crippen molar-refractivity contribution in [1.29, 1.82) is 0 Å². The fraction of sp³-hybridized carbons (Fsp3) is 0.357. The van der Waals surface area contributed by atoms with E-state index in [4.69, 9.17) is 23.2 Å². The number of carbonyl (C=O) groups is 1. The van der Waals surface area contributed by atoms with Crippen LogP contribution in [-0.2, 0) is 6.54 Å². The summed E-state index contributed by atoms with van der Waals surface area (Å²) in [7, 11) is 1.73. The van der Waals surface area contributed by atoms with Crippen molar-refractivity contribution in [2.45, 2.75) is 13.5 Å². The molecule has 0 aliphatic rings. The van der Waals surface area contributed by atoms with Crippen LogP contribution in [0.1, 0.15) is 10.7 Å². The number of anilines is 1. The molecule has 0 atom stereocenters. The van der Waals surface area contributed by atoms with Gasteiger partial charge >= 0.3 is 6.03 Å². The monoisotopic (exact) mass is 373 g/mol. The minimum absolute atomic E-state index is 0.160. The number of rotatable bonds is 6. The first-order chi connectivity index (χ1) is 11.0. The number of halogens is 2. The van der Waals surface area contributed by atoms with Crippen LogP contribution < -0.4 is 10.6 Å². The Bertz CT molecular complexity index is 679. The second kappa shape index (κ2) is 8.33. The highest BCUT2D eigenvalue weighted by Crippen LogP contribution is 2.21. The van der Waals surface area contributed by atoms with Gasteiger partial charge in [0.15, 0.2) is 0 Å². The molecule has 2 heterocycles. The molecule has 0 bridgehead atoms. The van der Waals surface area contributed by atoms with Crippen LogP contribution in [-0.4, -0.2) is 41.0 Å². The van der Waals surface area contributed by atoms with Gasteiger partial charge in [0, 0.05) is 31.7 Å². The van der Waals surface area contributed by atoms with E-state index in [1.165, 1.54) is 6.20 Å². The maximum atomic E-state index is 12.0. The zero-order chi connectivity index (χ0) is 16.8. The predicted octanol–water partition coefficient (Wildman–Crippen LogP) is 3.41. The third-order valence-corrected chi connectivity index (χ3v) is 4.23.